The molecule has 0 radical (unpaired) electrons. The standard InChI is InChI=1S/C13H22O/c1-10(2)13-7-6-12(5-4-8-14)11(3)9-13/h7-8,10-12H,4-6,9H2,1-3H3/t11-,12?/m1/s1. The molecule has 0 aromatic rings. The summed E-state index contributed by atoms with van der Waals surface area (Å²) in [5.74, 6) is 2.20. The van der Waals surface area contributed by atoms with Crippen LogP contribution in [0.25, 0.3) is 0 Å². The van der Waals surface area contributed by atoms with E-state index in [0.29, 0.717) is 5.92 Å². The molecule has 0 fully saturated rings. The minimum absolute atomic E-state index is 0.699. The molecule has 0 aliphatic heterocycles. The third kappa shape index (κ3) is 2.97. The van der Waals surface area contributed by atoms with Crippen LogP contribution in [0.3, 0.4) is 0 Å². The van der Waals surface area contributed by atoms with Crippen molar-refractivity contribution in [3.63, 3.8) is 0 Å². The molecule has 0 aromatic carbocycles. The first kappa shape index (κ1) is 11.5. The van der Waals surface area contributed by atoms with Crippen molar-refractivity contribution in [3.8, 4) is 0 Å². The molecule has 0 heterocycles. The van der Waals surface area contributed by atoms with Crippen molar-refractivity contribution in [1.82, 2.24) is 0 Å². The second kappa shape index (κ2) is 5.33. The predicted octanol–water partition coefficient (Wildman–Crippen LogP) is 3.59. The topological polar surface area (TPSA) is 17.1 Å². The summed E-state index contributed by atoms with van der Waals surface area (Å²) in [5, 5.41) is 0. The Bertz CT molecular complexity index is 215. The number of allylic oxidation sites excluding steroid dienone is 2. The van der Waals surface area contributed by atoms with E-state index in [4.69, 9.17) is 0 Å². The normalized spacial score (nSPS) is 27.6. The SMILES string of the molecule is CC(C)C1=CCC(CCC=O)[C@H](C)C1. The van der Waals surface area contributed by atoms with Crippen molar-refractivity contribution in [2.45, 2.75) is 46.5 Å². The van der Waals surface area contributed by atoms with Gasteiger partial charge in [-0.2, -0.15) is 0 Å². The minimum atomic E-state index is 0.699. The lowest BCUT2D eigenvalue weighted by molar-refractivity contribution is -0.108. The van der Waals surface area contributed by atoms with Gasteiger partial charge in [0.05, 0.1) is 0 Å². The van der Waals surface area contributed by atoms with Gasteiger partial charge in [-0.3, -0.25) is 0 Å². The van der Waals surface area contributed by atoms with Gasteiger partial charge in [-0.1, -0.05) is 32.4 Å². The molecule has 0 aromatic heterocycles. The Kier molecular flexibility index (Phi) is 4.37. The molecule has 14 heavy (non-hydrogen) atoms. The third-order valence-electron chi connectivity index (χ3n) is 3.44. The second-order valence-corrected chi connectivity index (χ2v) is 4.85. The van der Waals surface area contributed by atoms with Crippen LogP contribution in [0.1, 0.15) is 46.5 Å². The fourth-order valence-corrected chi connectivity index (χ4v) is 2.31. The van der Waals surface area contributed by atoms with Crippen LogP contribution in [0.2, 0.25) is 0 Å². The lowest BCUT2D eigenvalue weighted by Crippen LogP contribution is -2.18. The molecule has 0 N–H and O–H groups in total. The molecule has 1 aliphatic carbocycles. The summed E-state index contributed by atoms with van der Waals surface area (Å²) in [6.45, 7) is 6.86. The number of aldehydes is 1. The van der Waals surface area contributed by atoms with Gasteiger partial charge in [-0.15, -0.1) is 0 Å². The van der Waals surface area contributed by atoms with E-state index in [1.165, 1.54) is 12.8 Å². The summed E-state index contributed by atoms with van der Waals surface area (Å²) in [7, 11) is 0. The summed E-state index contributed by atoms with van der Waals surface area (Å²) in [4.78, 5) is 10.3. The van der Waals surface area contributed by atoms with Crippen molar-refractivity contribution in [1.29, 1.82) is 0 Å². The molecule has 1 unspecified atom stereocenters. The highest BCUT2D eigenvalue weighted by Gasteiger charge is 2.22. The van der Waals surface area contributed by atoms with E-state index in [1.54, 1.807) is 5.57 Å². The Hall–Kier alpha value is -0.590. The van der Waals surface area contributed by atoms with Gasteiger partial charge in [-0.05, 0) is 37.0 Å². The molecule has 0 bridgehead atoms. The molecule has 1 rings (SSSR count). The van der Waals surface area contributed by atoms with Crippen LogP contribution in [-0.2, 0) is 4.79 Å². The maximum absolute atomic E-state index is 10.3. The van der Waals surface area contributed by atoms with Gasteiger partial charge in [0.2, 0.25) is 0 Å². The van der Waals surface area contributed by atoms with Crippen molar-refractivity contribution in [2.24, 2.45) is 17.8 Å². The summed E-state index contributed by atoms with van der Waals surface area (Å²) in [6.07, 6.45) is 7.69. The molecule has 1 heteroatoms. The average Bonchev–Trinajstić information content (AvgIpc) is 2.15. The number of carbonyl (C=O) groups is 1. The smallest absolute Gasteiger partial charge is 0.120 e. The second-order valence-electron chi connectivity index (χ2n) is 4.85. The van der Waals surface area contributed by atoms with E-state index < -0.39 is 0 Å². The van der Waals surface area contributed by atoms with Crippen LogP contribution in [-0.4, -0.2) is 6.29 Å². The van der Waals surface area contributed by atoms with Gasteiger partial charge < -0.3 is 4.79 Å². The Balaban J connectivity index is 2.49. The first-order valence-electron chi connectivity index (χ1n) is 5.77. The largest absolute Gasteiger partial charge is 0.303 e. The highest BCUT2D eigenvalue weighted by Crippen LogP contribution is 2.34. The first-order chi connectivity index (χ1) is 6.65. The molecule has 0 saturated carbocycles. The van der Waals surface area contributed by atoms with E-state index in [-0.39, 0.29) is 0 Å². The summed E-state index contributed by atoms with van der Waals surface area (Å²) in [6, 6.07) is 0. The van der Waals surface area contributed by atoms with Crippen molar-refractivity contribution >= 4 is 6.29 Å². The van der Waals surface area contributed by atoms with Crippen LogP contribution >= 0.6 is 0 Å². The van der Waals surface area contributed by atoms with Gasteiger partial charge in [0.25, 0.3) is 0 Å². The number of hydrogen-bond donors (Lipinski definition) is 0. The molecular weight excluding hydrogens is 172 g/mol. The third-order valence-corrected chi connectivity index (χ3v) is 3.44. The Morgan fingerprint density at radius 2 is 2.29 bits per heavy atom. The van der Waals surface area contributed by atoms with Gasteiger partial charge in [-0.25, -0.2) is 0 Å². The maximum Gasteiger partial charge on any atom is 0.120 e. The Morgan fingerprint density at radius 1 is 1.57 bits per heavy atom. The van der Waals surface area contributed by atoms with Crippen LogP contribution in [0.4, 0.5) is 0 Å². The fraction of sp³-hybridized carbons (Fsp3) is 0.769. The maximum atomic E-state index is 10.3. The molecular formula is C13H22O. The highest BCUT2D eigenvalue weighted by atomic mass is 16.1. The van der Waals surface area contributed by atoms with Crippen molar-refractivity contribution < 1.29 is 4.79 Å². The van der Waals surface area contributed by atoms with Crippen LogP contribution in [0.5, 0.6) is 0 Å². The van der Waals surface area contributed by atoms with E-state index in [9.17, 15) is 4.79 Å². The molecule has 2 atom stereocenters. The van der Waals surface area contributed by atoms with E-state index in [0.717, 1.165) is 31.0 Å². The predicted molar refractivity (Wildman–Crippen MR) is 60.1 cm³/mol. The zero-order chi connectivity index (χ0) is 10.6. The van der Waals surface area contributed by atoms with Gasteiger partial charge in [0, 0.05) is 6.42 Å². The van der Waals surface area contributed by atoms with E-state index in [2.05, 4.69) is 26.8 Å². The summed E-state index contributed by atoms with van der Waals surface area (Å²) >= 11 is 0. The highest BCUT2D eigenvalue weighted by molar-refractivity contribution is 5.49. The molecule has 0 saturated heterocycles. The van der Waals surface area contributed by atoms with E-state index >= 15 is 0 Å². The Labute approximate surface area is 87.6 Å². The molecule has 0 spiro atoms. The molecule has 80 valence electrons. The van der Waals surface area contributed by atoms with Crippen molar-refractivity contribution in [2.75, 3.05) is 0 Å². The van der Waals surface area contributed by atoms with Crippen molar-refractivity contribution in [3.05, 3.63) is 11.6 Å². The monoisotopic (exact) mass is 194 g/mol. The zero-order valence-corrected chi connectivity index (χ0v) is 9.62. The molecule has 0 amide bonds. The van der Waals surface area contributed by atoms with Crippen LogP contribution in [0.15, 0.2) is 11.6 Å². The molecule has 1 aliphatic rings. The quantitative estimate of drug-likeness (QED) is 0.493. The average molecular weight is 194 g/mol. The zero-order valence-electron chi connectivity index (χ0n) is 9.62. The number of carbonyl (C=O) groups excluding carboxylic acids is 1. The molecule has 1 nitrogen and oxygen atoms in total. The van der Waals surface area contributed by atoms with Gasteiger partial charge >= 0.3 is 0 Å². The Morgan fingerprint density at radius 3 is 2.79 bits per heavy atom. The van der Waals surface area contributed by atoms with E-state index in [1.807, 2.05) is 0 Å². The van der Waals surface area contributed by atoms with Crippen LogP contribution in [0, 0.1) is 17.8 Å². The number of hydrogen-bond acceptors (Lipinski definition) is 1. The minimum Gasteiger partial charge on any atom is -0.303 e. The summed E-state index contributed by atoms with van der Waals surface area (Å²) in [5.41, 5.74) is 1.61. The lowest BCUT2D eigenvalue weighted by Gasteiger charge is -2.29. The summed E-state index contributed by atoms with van der Waals surface area (Å²) < 4.78 is 0. The van der Waals surface area contributed by atoms with Gasteiger partial charge in [0.1, 0.15) is 6.29 Å². The van der Waals surface area contributed by atoms with Crippen LogP contribution < -0.4 is 0 Å². The lowest BCUT2D eigenvalue weighted by atomic mass is 9.76. The number of rotatable bonds is 4. The fourth-order valence-electron chi connectivity index (χ4n) is 2.31. The first-order valence-corrected chi connectivity index (χ1v) is 5.77. The van der Waals surface area contributed by atoms with Gasteiger partial charge in [0.15, 0.2) is 0 Å².